The summed E-state index contributed by atoms with van der Waals surface area (Å²) in [4.78, 5) is 0.382. The molecule has 2 N–H and O–H groups in total. The second-order valence-corrected chi connectivity index (χ2v) is 9.46. The van der Waals surface area contributed by atoms with Crippen molar-refractivity contribution < 1.29 is 12.8 Å². The molecule has 0 bridgehead atoms. The third-order valence-corrected chi connectivity index (χ3v) is 7.45. The molecule has 1 fully saturated rings. The standard InChI is InChI=1S/C20H23FN2O2S/c1-12-10-22-11-13(2)20-19(12)17-9-16(7-8-18(17)23-20)26(24,25)15-5-3-14(21)4-6-15/h3-9,12-13,19-20,22-23H,10-11H2,1-2H3/t12?,13?,19-,20?/m0/s1. The Morgan fingerprint density at radius 2 is 1.62 bits per heavy atom. The highest BCUT2D eigenvalue weighted by Crippen LogP contribution is 2.45. The maximum absolute atomic E-state index is 13.2. The Balaban J connectivity index is 1.77. The van der Waals surface area contributed by atoms with Crippen LogP contribution in [-0.4, -0.2) is 27.5 Å². The van der Waals surface area contributed by atoms with E-state index >= 15 is 0 Å². The van der Waals surface area contributed by atoms with Crippen LogP contribution < -0.4 is 10.6 Å². The van der Waals surface area contributed by atoms with Gasteiger partial charge in [0, 0.05) is 17.6 Å². The van der Waals surface area contributed by atoms with E-state index in [0.29, 0.717) is 17.9 Å². The molecule has 4 nitrogen and oxygen atoms in total. The van der Waals surface area contributed by atoms with Crippen LogP contribution >= 0.6 is 0 Å². The van der Waals surface area contributed by atoms with Crippen LogP contribution in [0.3, 0.4) is 0 Å². The highest BCUT2D eigenvalue weighted by atomic mass is 32.2. The fourth-order valence-electron chi connectivity index (χ4n) is 4.28. The Bertz CT molecular complexity index is 927. The number of halogens is 1. The monoisotopic (exact) mass is 374 g/mol. The molecule has 3 unspecified atom stereocenters. The number of hydrogen-bond donors (Lipinski definition) is 2. The van der Waals surface area contributed by atoms with Gasteiger partial charge in [0.25, 0.3) is 0 Å². The molecule has 138 valence electrons. The quantitative estimate of drug-likeness (QED) is 0.791. The first-order valence-corrected chi connectivity index (χ1v) is 10.5. The average Bonchev–Trinajstić information content (AvgIpc) is 2.94. The van der Waals surface area contributed by atoms with Gasteiger partial charge in [0.05, 0.1) is 9.79 Å². The fourth-order valence-corrected chi connectivity index (χ4v) is 5.57. The summed E-state index contributed by atoms with van der Waals surface area (Å²) in [6, 6.07) is 10.6. The molecule has 2 heterocycles. The SMILES string of the molecule is CC1CNCC(C)[C@H]2c3cc(S(=O)(=O)c4ccc(F)cc4)ccc3NC12. The van der Waals surface area contributed by atoms with E-state index in [2.05, 4.69) is 24.5 Å². The highest BCUT2D eigenvalue weighted by molar-refractivity contribution is 7.91. The van der Waals surface area contributed by atoms with Gasteiger partial charge in [-0.05, 0) is 73.0 Å². The third-order valence-electron chi connectivity index (χ3n) is 5.68. The lowest BCUT2D eigenvalue weighted by molar-refractivity contribution is 0.402. The highest BCUT2D eigenvalue weighted by Gasteiger charge is 2.40. The molecule has 1 saturated heterocycles. The summed E-state index contributed by atoms with van der Waals surface area (Å²) in [6.45, 7) is 6.30. The van der Waals surface area contributed by atoms with Crippen molar-refractivity contribution in [2.45, 2.75) is 35.6 Å². The Labute approximate surface area is 153 Å². The summed E-state index contributed by atoms with van der Waals surface area (Å²) in [5.74, 6) is 0.689. The van der Waals surface area contributed by atoms with Crippen molar-refractivity contribution in [3.05, 3.63) is 53.8 Å². The smallest absolute Gasteiger partial charge is 0.206 e. The molecule has 2 aliphatic heterocycles. The maximum Gasteiger partial charge on any atom is 0.206 e. The topological polar surface area (TPSA) is 58.2 Å². The first-order valence-electron chi connectivity index (χ1n) is 9.00. The van der Waals surface area contributed by atoms with Gasteiger partial charge in [-0.1, -0.05) is 13.8 Å². The molecule has 0 aliphatic carbocycles. The van der Waals surface area contributed by atoms with Gasteiger partial charge in [0.2, 0.25) is 9.84 Å². The zero-order valence-corrected chi connectivity index (χ0v) is 15.7. The van der Waals surface area contributed by atoms with Crippen LogP contribution in [-0.2, 0) is 9.84 Å². The molecule has 4 atom stereocenters. The number of fused-ring (bicyclic) bond motifs is 3. The lowest BCUT2D eigenvalue weighted by Crippen LogP contribution is -2.32. The average molecular weight is 374 g/mol. The molecule has 0 amide bonds. The van der Waals surface area contributed by atoms with Crippen LogP contribution in [0.25, 0.3) is 0 Å². The van der Waals surface area contributed by atoms with E-state index in [1.807, 2.05) is 6.07 Å². The van der Waals surface area contributed by atoms with Gasteiger partial charge in [-0.3, -0.25) is 0 Å². The predicted molar refractivity (Wildman–Crippen MR) is 99.6 cm³/mol. The van der Waals surface area contributed by atoms with Gasteiger partial charge >= 0.3 is 0 Å². The van der Waals surface area contributed by atoms with Crippen molar-refractivity contribution in [2.75, 3.05) is 18.4 Å². The van der Waals surface area contributed by atoms with Crippen LogP contribution in [0.15, 0.2) is 52.3 Å². The van der Waals surface area contributed by atoms with Gasteiger partial charge in [-0.25, -0.2) is 12.8 Å². The number of hydrogen-bond acceptors (Lipinski definition) is 4. The van der Waals surface area contributed by atoms with Crippen molar-refractivity contribution in [3.63, 3.8) is 0 Å². The number of nitrogens with one attached hydrogen (secondary N) is 2. The van der Waals surface area contributed by atoms with Crippen molar-refractivity contribution >= 4 is 15.5 Å². The molecule has 2 aromatic carbocycles. The maximum atomic E-state index is 13.2. The molecule has 0 spiro atoms. The molecule has 0 saturated carbocycles. The van der Waals surface area contributed by atoms with E-state index in [1.165, 1.54) is 24.3 Å². The second-order valence-electron chi connectivity index (χ2n) is 7.52. The normalized spacial score (nSPS) is 28.0. The molecule has 2 aromatic rings. The van der Waals surface area contributed by atoms with Gasteiger partial charge in [0.1, 0.15) is 5.82 Å². The first-order chi connectivity index (χ1) is 12.4. The molecule has 2 aliphatic rings. The summed E-state index contributed by atoms with van der Waals surface area (Å²) in [5.41, 5.74) is 2.10. The van der Waals surface area contributed by atoms with Gasteiger partial charge in [0.15, 0.2) is 0 Å². The molecule has 0 radical (unpaired) electrons. The molecular weight excluding hydrogens is 351 g/mol. The summed E-state index contributed by atoms with van der Waals surface area (Å²) in [6.07, 6.45) is 0. The van der Waals surface area contributed by atoms with Crippen molar-refractivity contribution in [3.8, 4) is 0 Å². The molecule has 6 heteroatoms. The molecule has 26 heavy (non-hydrogen) atoms. The summed E-state index contributed by atoms with van der Waals surface area (Å²) >= 11 is 0. The largest absolute Gasteiger partial charge is 0.381 e. The lowest BCUT2D eigenvalue weighted by Gasteiger charge is -2.26. The number of anilines is 1. The first kappa shape index (κ1) is 17.5. The fraction of sp³-hybridized carbons (Fsp3) is 0.400. The molecule has 4 rings (SSSR count). The van der Waals surface area contributed by atoms with Crippen LogP contribution in [0.1, 0.15) is 25.3 Å². The Morgan fingerprint density at radius 3 is 2.35 bits per heavy atom. The summed E-state index contributed by atoms with van der Waals surface area (Å²) < 4.78 is 39.1. The van der Waals surface area contributed by atoms with Crippen molar-refractivity contribution in [1.82, 2.24) is 5.32 Å². The predicted octanol–water partition coefficient (Wildman–Crippen LogP) is 3.41. The van der Waals surface area contributed by atoms with E-state index in [4.69, 9.17) is 0 Å². The van der Waals surface area contributed by atoms with Gasteiger partial charge in [-0.2, -0.15) is 0 Å². The lowest BCUT2D eigenvalue weighted by atomic mass is 9.81. The minimum absolute atomic E-state index is 0.116. The number of sulfone groups is 1. The minimum Gasteiger partial charge on any atom is -0.381 e. The van der Waals surface area contributed by atoms with Crippen LogP contribution in [0, 0.1) is 17.7 Å². The van der Waals surface area contributed by atoms with E-state index in [1.54, 1.807) is 12.1 Å². The van der Waals surface area contributed by atoms with Crippen molar-refractivity contribution in [2.24, 2.45) is 11.8 Å². The number of rotatable bonds is 2. The zero-order valence-electron chi connectivity index (χ0n) is 14.9. The number of benzene rings is 2. The minimum atomic E-state index is -3.67. The van der Waals surface area contributed by atoms with Gasteiger partial charge < -0.3 is 10.6 Å². The van der Waals surface area contributed by atoms with Crippen LogP contribution in [0.2, 0.25) is 0 Å². The Morgan fingerprint density at radius 1 is 0.962 bits per heavy atom. The van der Waals surface area contributed by atoms with E-state index < -0.39 is 15.7 Å². The summed E-state index contributed by atoms with van der Waals surface area (Å²) in [7, 11) is -3.67. The van der Waals surface area contributed by atoms with Crippen molar-refractivity contribution in [1.29, 1.82) is 0 Å². The van der Waals surface area contributed by atoms with Crippen LogP contribution in [0.4, 0.5) is 10.1 Å². The van der Waals surface area contributed by atoms with E-state index in [-0.39, 0.29) is 15.7 Å². The Hall–Kier alpha value is -1.92. The second kappa shape index (κ2) is 6.35. The van der Waals surface area contributed by atoms with Gasteiger partial charge in [-0.15, -0.1) is 0 Å². The summed E-state index contributed by atoms with van der Waals surface area (Å²) in [5, 5.41) is 7.09. The van der Waals surface area contributed by atoms with E-state index in [9.17, 15) is 12.8 Å². The molecule has 0 aromatic heterocycles. The zero-order chi connectivity index (χ0) is 18.5. The third kappa shape index (κ3) is 2.81. The Kier molecular flexibility index (Phi) is 4.28. The molecular formula is C20H23FN2O2S. The van der Waals surface area contributed by atoms with Crippen LogP contribution in [0.5, 0.6) is 0 Å². The van der Waals surface area contributed by atoms with E-state index in [0.717, 1.165) is 24.3 Å².